The summed E-state index contributed by atoms with van der Waals surface area (Å²) in [5, 5.41) is 3.12. The van der Waals surface area contributed by atoms with Gasteiger partial charge < -0.3 is 9.11 Å². The standard InChI is InChI=1S/2C38H64O3S.Ba/c2*1-3-5-7-9-11-13-15-17-19-21-23-25-28-34-32-36-31-27-30-35(38(36)37(33-34)42(39,40)41)29-26-24-22-20-18-16-14-12-10-8-6-4-2;/h2*27,30-33H,3-26,28-29H2,1-2H3,(H,39,40,41);/q;;+2/p-2. The van der Waals surface area contributed by atoms with E-state index in [1.54, 1.807) is 12.1 Å². The summed E-state index contributed by atoms with van der Waals surface area (Å²) in [5.74, 6) is 0. The van der Waals surface area contributed by atoms with Crippen LogP contribution in [0.15, 0.2) is 70.5 Å². The summed E-state index contributed by atoms with van der Waals surface area (Å²) in [7, 11) is -9.07. The zero-order valence-electron chi connectivity index (χ0n) is 55.5. The molecule has 0 radical (unpaired) electrons. The summed E-state index contributed by atoms with van der Waals surface area (Å²) in [5.41, 5.74) is 3.97. The first-order chi connectivity index (χ1) is 40.9. The predicted molar refractivity (Wildman–Crippen MR) is 369 cm³/mol. The molecule has 4 aromatic rings. The number of hydrogen-bond donors (Lipinski definition) is 0. The minimum Gasteiger partial charge on any atom is -0.744 e. The Kier molecular flexibility index (Phi) is 49.3. The number of fused-ring (bicyclic) bond motifs is 2. The van der Waals surface area contributed by atoms with E-state index in [9.17, 15) is 25.9 Å². The Morgan fingerprint density at radius 1 is 0.271 bits per heavy atom. The van der Waals surface area contributed by atoms with E-state index < -0.39 is 20.2 Å². The van der Waals surface area contributed by atoms with Gasteiger partial charge in [0.1, 0.15) is 20.2 Å². The maximum atomic E-state index is 12.3. The Balaban J connectivity index is 0.000000573. The second-order valence-corrected chi connectivity index (χ2v) is 28.4. The molecule has 480 valence electrons. The summed E-state index contributed by atoms with van der Waals surface area (Å²) < 4.78 is 74.1. The minimum atomic E-state index is -4.54. The van der Waals surface area contributed by atoms with Gasteiger partial charge in [-0.25, -0.2) is 16.8 Å². The molecule has 0 spiro atoms. The van der Waals surface area contributed by atoms with E-state index in [-0.39, 0.29) is 58.7 Å². The van der Waals surface area contributed by atoms with Crippen LogP contribution >= 0.6 is 0 Å². The molecule has 0 amide bonds. The van der Waals surface area contributed by atoms with Crippen LogP contribution in [-0.2, 0) is 45.9 Å². The molecule has 0 saturated heterocycles. The largest absolute Gasteiger partial charge is 2.00 e. The molecule has 0 heterocycles. The maximum Gasteiger partial charge on any atom is 2.00 e. The van der Waals surface area contributed by atoms with Crippen LogP contribution in [0.25, 0.3) is 21.5 Å². The van der Waals surface area contributed by atoms with Gasteiger partial charge >= 0.3 is 48.9 Å². The zero-order valence-corrected chi connectivity index (χ0v) is 61.6. The van der Waals surface area contributed by atoms with E-state index in [1.807, 2.05) is 36.4 Å². The predicted octanol–water partition coefficient (Wildman–Crippen LogP) is 24.1. The number of rotatable bonds is 54. The molecule has 0 saturated carbocycles. The first-order valence-corrected chi connectivity index (χ1v) is 38.8. The van der Waals surface area contributed by atoms with Crippen LogP contribution in [-0.4, -0.2) is 74.8 Å². The Morgan fingerprint density at radius 2 is 0.471 bits per heavy atom. The Morgan fingerprint density at radius 3 is 0.682 bits per heavy atom. The van der Waals surface area contributed by atoms with Crippen LogP contribution in [0.4, 0.5) is 0 Å². The van der Waals surface area contributed by atoms with Crippen LogP contribution in [0, 0.1) is 0 Å². The third-order valence-electron chi connectivity index (χ3n) is 17.9. The second-order valence-electron chi connectivity index (χ2n) is 25.7. The molecular formula is C76H126BaO6S2. The van der Waals surface area contributed by atoms with Crippen molar-refractivity contribution in [2.24, 2.45) is 0 Å². The average molecular weight is 1340 g/mol. The molecule has 4 rings (SSSR count). The van der Waals surface area contributed by atoms with Crippen molar-refractivity contribution in [1.82, 2.24) is 0 Å². The molecule has 85 heavy (non-hydrogen) atoms. The van der Waals surface area contributed by atoms with E-state index in [2.05, 4.69) is 39.8 Å². The molecule has 6 nitrogen and oxygen atoms in total. The molecule has 0 atom stereocenters. The first-order valence-electron chi connectivity index (χ1n) is 35.9. The molecule has 0 unspecified atom stereocenters. The molecule has 0 aliphatic carbocycles. The Bertz CT molecular complexity index is 2300. The molecule has 0 aromatic heterocycles. The third-order valence-corrected chi connectivity index (χ3v) is 19.7. The van der Waals surface area contributed by atoms with Crippen molar-refractivity contribution in [1.29, 1.82) is 0 Å². The number of hydrogen-bond acceptors (Lipinski definition) is 6. The van der Waals surface area contributed by atoms with Gasteiger partial charge in [-0.2, -0.15) is 0 Å². The SMILES string of the molecule is CCCCCCCCCCCCCCc1cc(S(=O)(=O)[O-])c2c(CCCCCCCCCCCCCC)cccc2c1.CCCCCCCCCCCCCCc1cc(S(=O)(=O)[O-])c2c(CCCCCCCCCCCCCC)cccc2c1.[Ba+2]. The minimum absolute atomic E-state index is 0. The summed E-state index contributed by atoms with van der Waals surface area (Å²) in [6, 6.07) is 19.6. The third kappa shape index (κ3) is 38.3. The monoisotopic (exact) mass is 1340 g/mol. The summed E-state index contributed by atoms with van der Waals surface area (Å²) in [6.07, 6.45) is 65.8. The van der Waals surface area contributed by atoms with E-state index >= 15 is 0 Å². The molecule has 0 N–H and O–H groups in total. The number of benzene rings is 4. The van der Waals surface area contributed by atoms with Gasteiger partial charge in [-0.15, -0.1) is 0 Å². The number of unbranched alkanes of at least 4 members (excludes halogenated alkanes) is 44. The molecule has 0 aliphatic heterocycles. The zero-order chi connectivity index (χ0) is 60.6. The molecule has 0 fully saturated rings. The molecule has 0 bridgehead atoms. The van der Waals surface area contributed by atoms with Crippen molar-refractivity contribution in [2.45, 2.75) is 371 Å². The van der Waals surface area contributed by atoms with Crippen molar-refractivity contribution in [3.8, 4) is 0 Å². The van der Waals surface area contributed by atoms with Crippen LogP contribution in [0.2, 0.25) is 0 Å². The van der Waals surface area contributed by atoms with Crippen LogP contribution in [0.5, 0.6) is 0 Å². The Hall–Kier alpha value is -1.21. The fraction of sp³-hybridized carbons (Fsp3) is 0.737. The topological polar surface area (TPSA) is 114 Å². The molecular weight excluding hydrogens is 1210 g/mol. The van der Waals surface area contributed by atoms with Crippen molar-refractivity contribution in [3.05, 3.63) is 82.9 Å². The van der Waals surface area contributed by atoms with Crippen molar-refractivity contribution >= 4 is 90.7 Å². The van der Waals surface area contributed by atoms with E-state index in [0.717, 1.165) is 110 Å². The molecule has 0 aliphatic rings. The fourth-order valence-electron chi connectivity index (χ4n) is 12.8. The molecule has 4 aromatic carbocycles. The van der Waals surface area contributed by atoms with Gasteiger partial charge in [0.15, 0.2) is 0 Å². The van der Waals surface area contributed by atoms with Gasteiger partial charge in [0, 0.05) is 10.8 Å². The first kappa shape index (κ1) is 79.9. The Labute approximate surface area is 565 Å². The van der Waals surface area contributed by atoms with Crippen molar-refractivity contribution in [2.75, 3.05) is 0 Å². The maximum absolute atomic E-state index is 12.3. The second kappa shape index (κ2) is 52.4. The molecule has 9 heteroatoms. The van der Waals surface area contributed by atoms with Gasteiger partial charge in [0.2, 0.25) is 0 Å². The van der Waals surface area contributed by atoms with Gasteiger partial charge in [0.05, 0.1) is 9.79 Å². The summed E-state index contributed by atoms with van der Waals surface area (Å²) in [6.45, 7) is 9.06. The van der Waals surface area contributed by atoms with Gasteiger partial charge in [-0.3, -0.25) is 0 Å². The van der Waals surface area contributed by atoms with Crippen LogP contribution < -0.4 is 0 Å². The van der Waals surface area contributed by atoms with Crippen LogP contribution in [0.3, 0.4) is 0 Å². The smallest absolute Gasteiger partial charge is 0.744 e. The van der Waals surface area contributed by atoms with Crippen LogP contribution in [0.1, 0.15) is 358 Å². The quantitative estimate of drug-likeness (QED) is 0.0247. The van der Waals surface area contributed by atoms with E-state index in [1.165, 1.54) is 257 Å². The fourth-order valence-corrected chi connectivity index (χ4v) is 14.4. The van der Waals surface area contributed by atoms with Gasteiger partial charge in [-0.05, 0) is 96.5 Å². The normalized spacial score (nSPS) is 11.8. The number of aryl methyl sites for hydroxylation is 4. The average Bonchev–Trinajstić information content (AvgIpc) is 1.51. The summed E-state index contributed by atoms with van der Waals surface area (Å²) in [4.78, 5) is -0.0213. The van der Waals surface area contributed by atoms with E-state index in [0.29, 0.717) is 10.8 Å². The van der Waals surface area contributed by atoms with E-state index in [4.69, 9.17) is 0 Å². The van der Waals surface area contributed by atoms with Crippen molar-refractivity contribution < 1.29 is 25.9 Å². The van der Waals surface area contributed by atoms with Gasteiger partial charge in [-0.1, -0.05) is 359 Å². The summed E-state index contributed by atoms with van der Waals surface area (Å²) >= 11 is 0. The van der Waals surface area contributed by atoms with Gasteiger partial charge in [0.25, 0.3) is 0 Å². The van der Waals surface area contributed by atoms with Crippen molar-refractivity contribution in [3.63, 3.8) is 0 Å².